The molecule has 0 aliphatic heterocycles. The first-order valence-corrected chi connectivity index (χ1v) is 6.74. The normalized spacial score (nSPS) is 10.7. The number of hydrogen-bond donors (Lipinski definition) is 3. The van der Waals surface area contributed by atoms with E-state index in [4.69, 9.17) is 11.5 Å². The molecule has 2 aromatic rings. The molecule has 0 fully saturated rings. The van der Waals surface area contributed by atoms with Gasteiger partial charge in [-0.25, -0.2) is 4.79 Å². The number of carboxylic acids is 1. The summed E-state index contributed by atoms with van der Waals surface area (Å²) in [5, 5.41) is 9.49. The summed E-state index contributed by atoms with van der Waals surface area (Å²) < 4.78 is 0. The van der Waals surface area contributed by atoms with Crippen molar-refractivity contribution in [3.8, 4) is 11.1 Å². The van der Waals surface area contributed by atoms with Gasteiger partial charge in [-0.15, -0.1) is 0 Å². The predicted octanol–water partition coefficient (Wildman–Crippen LogP) is 3.45. The van der Waals surface area contributed by atoms with Gasteiger partial charge in [0, 0.05) is 16.9 Å². The van der Waals surface area contributed by atoms with Crippen molar-refractivity contribution in [2.75, 3.05) is 11.5 Å². The first-order chi connectivity index (χ1) is 9.73. The van der Waals surface area contributed by atoms with Crippen LogP contribution in [0, 0.1) is 27.7 Å². The van der Waals surface area contributed by atoms with Gasteiger partial charge < -0.3 is 16.6 Å². The summed E-state index contributed by atoms with van der Waals surface area (Å²) in [5.74, 6) is -0.955. The quantitative estimate of drug-likeness (QED) is 0.737. The number of benzene rings is 2. The third-order valence-corrected chi connectivity index (χ3v) is 3.95. The summed E-state index contributed by atoms with van der Waals surface area (Å²) in [6, 6.07) is 5.44. The molecular weight excluding hydrogens is 264 g/mol. The van der Waals surface area contributed by atoms with Gasteiger partial charge in [0.2, 0.25) is 0 Å². The lowest BCUT2D eigenvalue weighted by atomic mass is 9.89. The van der Waals surface area contributed by atoms with Crippen molar-refractivity contribution < 1.29 is 9.90 Å². The van der Waals surface area contributed by atoms with Crippen molar-refractivity contribution in [1.82, 2.24) is 0 Å². The molecule has 0 saturated carbocycles. The number of nitrogens with two attached hydrogens (primary N) is 2. The van der Waals surface area contributed by atoms with Gasteiger partial charge in [0.25, 0.3) is 0 Å². The monoisotopic (exact) mass is 284 g/mol. The maximum Gasteiger partial charge on any atom is 0.336 e. The average molecular weight is 284 g/mol. The van der Waals surface area contributed by atoms with Crippen LogP contribution in [0.3, 0.4) is 0 Å². The zero-order chi connectivity index (χ0) is 15.9. The lowest BCUT2D eigenvalue weighted by molar-refractivity contribution is 0.0697. The SMILES string of the molecule is Cc1cc(-c2c(C(=O)O)cc(C)c(N)c2C)cc(C)c1N. The van der Waals surface area contributed by atoms with Crippen LogP contribution in [-0.4, -0.2) is 11.1 Å². The Bertz CT molecular complexity index is 726. The number of carbonyl (C=O) groups is 1. The van der Waals surface area contributed by atoms with Gasteiger partial charge in [0.1, 0.15) is 0 Å². The minimum atomic E-state index is -0.955. The van der Waals surface area contributed by atoms with Crippen molar-refractivity contribution in [2.24, 2.45) is 0 Å². The highest BCUT2D eigenvalue weighted by Crippen LogP contribution is 2.35. The number of nitrogen functional groups attached to an aromatic ring is 2. The fourth-order valence-electron chi connectivity index (χ4n) is 2.66. The fraction of sp³-hybridized carbons (Fsp3) is 0.235. The largest absolute Gasteiger partial charge is 0.478 e. The third kappa shape index (κ3) is 2.44. The van der Waals surface area contributed by atoms with Crippen molar-refractivity contribution in [3.63, 3.8) is 0 Å². The smallest absolute Gasteiger partial charge is 0.336 e. The molecule has 4 heteroatoms. The molecule has 4 nitrogen and oxygen atoms in total. The molecule has 0 atom stereocenters. The first-order valence-electron chi connectivity index (χ1n) is 6.74. The van der Waals surface area contributed by atoms with Crippen molar-refractivity contribution >= 4 is 17.3 Å². The van der Waals surface area contributed by atoms with Gasteiger partial charge in [-0.2, -0.15) is 0 Å². The molecule has 0 radical (unpaired) electrons. The Morgan fingerprint density at radius 3 is 1.86 bits per heavy atom. The van der Waals surface area contributed by atoms with Crippen LogP contribution < -0.4 is 11.5 Å². The van der Waals surface area contributed by atoms with Crippen molar-refractivity contribution in [3.05, 3.63) is 46.0 Å². The highest BCUT2D eigenvalue weighted by atomic mass is 16.4. The predicted molar refractivity (Wildman–Crippen MR) is 86.6 cm³/mol. The topological polar surface area (TPSA) is 89.3 Å². The molecule has 110 valence electrons. The molecular formula is C17H20N2O2. The highest BCUT2D eigenvalue weighted by Gasteiger charge is 2.18. The molecule has 0 unspecified atom stereocenters. The van der Waals surface area contributed by atoms with Crippen LogP contribution >= 0.6 is 0 Å². The maximum atomic E-state index is 11.6. The van der Waals surface area contributed by atoms with Gasteiger partial charge >= 0.3 is 5.97 Å². The van der Waals surface area contributed by atoms with Crippen LogP contribution in [0.25, 0.3) is 11.1 Å². The second kappa shape index (κ2) is 5.13. The maximum absolute atomic E-state index is 11.6. The molecule has 0 heterocycles. The van der Waals surface area contributed by atoms with E-state index in [9.17, 15) is 9.90 Å². The van der Waals surface area contributed by atoms with E-state index < -0.39 is 5.97 Å². The van der Waals surface area contributed by atoms with Crippen LogP contribution in [-0.2, 0) is 0 Å². The van der Waals surface area contributed by atoms with Crippen LogP contribution in [0.15, 0.2) is 18.2 Å². The second-order valence-corrected chi connectivity index (χ2v) is 5.48. The number of carboxylic acid groups (broad SMARTS) is 1. The molecule has 0 amide bonds. The Morgan fingerprint density at radius 1 is 0.905 bits per heavy atom. The summed E-state index contributed by atoms with van der Waals surface area (Å²) in [4.78, 5) is 11.6. The molecule has 5 N–H and O–H groups in total. The Kier molecular flexibility index (Phi) is 3.64. The second-order valence-electron chi connectivity index (χ2n) is 5.48. The molecule has 0 saturated heterocycles. The molecule has 2 rings (SSSR count). The van der Waals surface area contributed by atoms with Gasteiger partial charge in [-0.05, 0) is 73.7 Å². The zero-order valence-electron chi connectivity index (χ0n) is 12.7. The third-order valence-electron chi connectivity index (χ3n) is 3.95. The number of anilines is 2. The number of hydrogen-bond acceptors (Lipinski definition) is 3. The number of aromatic carboxylic acids is 1. The highest BCUT2D eigenvalue weighted by molar-refractivity contribution is 5.99. The van der Waals surface area contributed by atoms with Crippen molar-refractivity contribution in [1.29, 1.82) is 0 Å². The number of rotatable bonds is 2. The Balaban J connectivity index is 2.86. The molecule has 0 spiro atoms. The number of aryl methyl sites for hydroxylation is 3. The van der Waals surface area contributed by atoms with E-state index in [1.54, 1.807) is 6.07 Å². The fourth-order valence-corrected chi connectivity index (χ4v) is 2.66. The van der Waals surface area contributed by atoms with Gasteiger partial charge in [-0.1, -0.05) is 0 Å². The van der Waals surface area contributed by atoms with Crippen LogP contribution in [0.4, 0.5) is 11.4 Å². The molecule has 21 heavy (non-hydrogen) atoms. The molecule has 0 aliphatic rings. The van der Waals surface area contributed by atoms with E-state index in [-0.39, 0.29) is 5.56 Å². The molecule has 0 aliphatic carbocycles. The van der Waals surface area contributed by atoms with Crippen molar-refractivity contribution in [2.45, 2.75) is 27.7 Å². The minimum absolute atomic E-state index is 0.266. The van der Waals surface area contributed by atoms with E-state index in [2.05, 4.69) is 0 Å². The summed E-state index contributed by atoms with van der Waals surface area (Å²) in [6.45, 7) is 7.50. The molecule has 0 bridgehead atoms. The standard InChI is InChI=1S/C17H20N2O2/c1-8-5-12(6-9(2)15(8)18)14-11(4)16(19)10(3)7-13(14)17(20)21/h5-7H,18-19H2,1-4H3,(H,20,21). The lowest BCUT2D eigenvalue weighted by Crippen LogP contribution is -2.06. The summed E-state index contributed by atoms with van der Waals surface area (Å²) in [5.41, 5.74) is 18.6. The van der Waals surface area contributed by atoms with Crippen LogP contribution in [0.1, 0.15) is 32.6 Å². The summed E-state index contributed by atoms with van der Waals surface area (Å²) in [7, 11) is 0. The first kappa shape index (κ1) is 14.9. The Labute approximate surface area is 124 Å². The van der Waals surface area contributed by atoms with Gasteiger partial charge in [0.05, 0.1) is 5.56 Å². The Morgan fingerprint density at radius 2 is 1.38 bits per heavy atom. The van der Waals surface area contributed by atoms with Gasteiger partial charge in [-0.3, -0.25) is 0 Å². The van der Waals surface area contributed by atoms with E-state index in [1.165, 1.54) is 0 Å². The average Bonchev–Trinajstić information content (AvgIpc) is 2.41. The Hall–Kier alpha value is -2.49. The molecule has 2 aromatic carbocycles. The molecule has 0 aromatic heterocycles. The van der Waals surface area contributed by atoms with Crippen LogP contribution in [0.5, 0.6) is 0 Å². The van der Waals surface area contributed by atoms with E-state index in [0.29, 0.717) is 11.3 Å². The van der Waals surface area contributed by atoms with Crippen LogP contribution in [0.2, 0.25) is 0 Å². The minimum Gasteiger partial charge on any atom is -0.478 e. The van der Waals surface area contributed by atoms with E-state index >= 15 is 0 Å². The summed E-state index contributed by atoms with van der Waals surface area (Å²) in [6.07, 6.45) is 0. The zero-order valence-corrected chi connectivity index (χ0v) is 12.7. The van der Waals surface area contributed by atoms with E-state index in [0.717, 1.165) is 33.5 Å². The van der Waals surface area contributed by atoms with E-state index in [1.807, 2.05) is 39.8 Å². The lowest BCUT2D eigenvalue weighted by Gasteiger charge is -2.17. The van der Waals surface area contributed by atoms with Gasteiger partial charge in [0.15, 0.2) is 0 Å². The summed E-state index contributed by atoms with van der Waals surface area (Å²) >= 11 is 0.